The second kappa shape index (κ2) is 3.64. The molecule has 0 aliphatic carbocycles. The highest BCUT2D eigenvalue weighted by molar-refractivity contribution is 5.73. The van der Waals surface area contributed by atoms with Gasteiger partial charge in [-0.25, -0.2) is 0 Å². The van der Waals surface area contributed by atoms with E-state index >= 15 is 0 Å². The van der Waals surface area contributed by atoms with Gasteiger partial charge in [0.1, 0.15) is 6.04 Å². The molecule has 0 aromatic rings. The van der Waals surface area contributed by atoms with Crippen LogP contribution in [-0.2, 0) is 9.53 Å². The Morgan fingerprint density at radius 2 is 2.46 bits per heavy atom. The summed E-state index contributed by atoms with van der Waals surface area (Å²) in [6.45, 7) is 4.42. The highest BCUT2D eigenvalue weighted by Crippen LogP contribution is 2.17. The average molecular weight is 188 g/mol. The SMILES string of the molecule is [2H]CC(C)(C)O[C@@H]1CN[C@H](C(=O)O)C1. The molecule has 4 heteroatoms. The summed E-state index contributed by atoms with van der Waals surface area (Å²) in [4.78, 5) is 10.6. The summed E-state index contributed by atoms with van der Waals surface area (Å²) in [6.07, 6.45) is 0.398. The van der Waals surface area contributed by atoms with E-state index in [1.54, 1.807) is 0 Å². The summed E-state index contributed by atoms with van der Waals surface area (Å²) in [5.41, 5.74) is -0.486. The summed E-state index contributed by atoms with van der Waals surface area (Å²) >= 11 is 0. The van der Waals surface area contributed by atoms with Gasteiger partial charge in [-0.3, -0.25) is 4.79 Å². The Hall–Kier alpha value is -0.610. The Balaban J connectivity index is 2.39. The molecule has 0 bridgehead atoms. The number of aliphatic carboxylic acids is 1. The van der Waals surface area contributed by atoms with E-state index in [1.807, 2.05) is 13.8 Å². The molecule has 0 unspecified atom stereocenters. The van der Waals surface area contributed by atoms with E-state index in [4.69, 9.17) is 11.2 Å². The molecule has 0 aromatic carbocycles. The van der Waals surface area contributed by atoms with Gasteiger partial charge in [-0.05, 0) is 20.7 Å². The van der Waals surface area contributed by atoms with Crippen LogP contribution in [0.25, 0.3) is 0 Å². The number of hydrogen-bond acceptors (Lipinski definition) is 3. The Labute approximate surface area is 79.7 Å². The van der Waals surface area contributed by atoms with Gasteiger partial charge < -0.3 is 15.2 Å². The molecule has 1 aliphatic rings. The summed E-state index contributed by atoms with van der Waals surface area (Å²) in [5, 5.41) is 11.6. The molecule has 0 saturated carbocycles. The van der Waals surface area contributed by atoms with E-state index in [1.165, 1.54) is 0 Å². The quantitative estimate of drug-likeness (QED) is 0.667. The minimum absolute atomic E-state index is 0.0866. The lowest BCUT2D eigenvalue weighted by molar-refractivity contribution is -0.139. The fourth-order valence-corrected chi connectivity index (χ4v) is 1.43. The van der Waals surface area contributed by atoms with Crippen molar-refractivity contribution >= 4 is 5.97 Å². The van der Waals surface area contributed by atoms with E-state index in [-0.39, 0.29) is 13.0 Å². The molecular weight excluding hydrogens is 170 g/mol. The lowest BCUT2D eigenvalue weighted by atomic mass is 10.1. The zero-order valence-electron chi connectivity index (χ0n) is 9.04. The van der Waals surface area contributed by atoms with Gasteiger partial charge in [-0.2, -0.15) is 0 Å². The lowest BCUT2D eigenvalue weighted by Crippen LogP contribution is -2.30. The number of carbonyl (C=O) groups is 1. The molecule has 76 valence electrons. The van der Waals surface area contributed by atoms with Crippen molar-refractivity contribution in [1.29, 1.82) is 0 Å². The monoisotopic (exact) mass is 188 g/mol. The predicted octanol–water partition coefficient (Wildman–Crippen LogP) is 0.617. The molecule has 1 aliphatic heterocycles. The summed E-state index contributed by atoms with van der Waals surface area (Å²) in [6, 6.07) is -0.499. The molecule has 0 spiro atoms. The molecule has 1 saturated heterocycles. The van der Waals surface area contributed by atoms with Gasteiger partial charge in [0, 0.05) is 14.3 Å². The fourth-order valence-electron chi connectivity index (χ4n) is 1.43. The van der Waals surface area contributed by atoms with Crippen LogP contribution in [-0.4, -0.2) is 35.4 Å². The Morgan fingerprint density at radius 1 is 1.77 bits per heavy atom. The number of nitrogens with one attached hydrogen (secondary N) is 1. The van der Waals surface area contributed by atoms with Crippen molar-refractivity contribution in [1.82, 2.24) is 5.32 Å². The van der Waals surface area contributed by atoms with E-state index < -0.39 is 17.6 Å². The summed E-state index contributed by atoms with van der Waals surface area (Å²) in [7, 11) is 0. The first-order chi connectivity index (χ1) is 6.44. The number of rotatable bonds is 2. The van der Waals surface area contributed by atoms with Gasteiger partial charge in [0.2, 0.25) is 0 Å². The molecular formula is C9H17NO3. The van der Waals surface area contributed by atoms with Crippen LogP contribution in [0.1, 0.15) is 28.5 Å². The lowest BCUT2D eigenvalue weighted by Gasteiger charge is -2.24. The van der Waals surface area contributed by atoms with Gasteiger partial charge in [-0.15, -0.1) is 0 Å². The van der Waals surface area contributed by atoms with Gasteiger partial charge in [0.15, 0.2) is 0 Å². The molecule has 0 aromatic heterocycles. The van der Waals surface area contributed by atoms with E-state index in [0.717, 1.165) is 0 Å². The third-order valence-corrected chi connectivity index (χ3v) is 1.87. The molecule has 13 heavy (non-hydrogen) atoms. The van der Waals surface area contributed by atoms with Gasteiger partial charge in [0.05, 0.1) is 11.7 Å². The van der Waals surface area contributed by atoms with E-state index in [9.17, 15) is 4.79 Å². The summed E-state index contributed by atoms with van der Waals surface area (Å²) in [5.74, 6) is -0.834. The van der Waals surface area contributed by atoms with Crippen LogP contribution in [0.15, 0.2) is 0 Å². The van der Waals surface area contributed by atoms with Crippen molar-refractivity contribution in [2.75, 3.05) is 6.54 Å². The second-order valence-corrected chi connectivity index (χ2v) is 4.03. The van der Waals surface area contributed by atoms with Crippen LogP contribution in [0.5, 0.6) is 0 Å². The van der Waals surface area contributed by atoms with Crippen molar-refractivity contribution in [2.45, 2.75) is 44.9 Å². The average Bonchev–Trinajstić information content (AvgIpc) is 2.52. The predicted molar refractivity (Wildman–Crippen MR) is 48.7 cm³/mol. The van der Waals surface area contributed by atoms with Gasteiger partial charge >= 0.3 is 5.97 Å². The minimum Gasteiger partial charge on any atom is -0.480 e. The largest absolute Gasteiger partial charge is 0.480 e. The third kappa shape index (κ3) is 3.32. The zero-order chi connectivity index (χ0) is 10.8. The normalized spacial score (nSPS) is 30.2. The maximum atomic E-state index is 10.6. The first-order valence-electron chi connectivity index (χ1n) is 5.08. The van der Waals surface area contributed by atoms with Crippen molar-refractivity contribution in [2.24, 2.45) is 0 Å². The van der Waals surface area contributed by atoms with E-state index in [0.29, 0.717) is 13.0 Å². The number of carboxylic acid groups (broad SMARTS) is 1. The van der Waals surface area contributed by atoms with Crippen LogP contribution in [0, 0.1) is 0 Å². The van der Waals surface area contributed by atoms with Gasteiger partial charge in [-0.1, -0.05) is 0 Å². The first-order valence-corrected chi connectivity index (χ1v) is 4.38. The topological polar surface area (TPSA) is 58.6 Å². The molecule has 1 fully saturated rings. The number of hydrogen-bond donors (Lipinski definition) is 2. The Morgan fingerprint density at radius 3 is 2.92 bits per heavy atom. The minimum atomic E-state index is -0.834. The highest BCUT2D eigenvalue weighted by Gasteiger charge is 2.31. The van der Waals surface area contributed by atoms with Gasteiger partial charge in [0.25, 0.3) is 0 Å². The maximum Gasteiger partial charge on any atom is 0.320 e. The van der Waals surface area contributed by atoms with E-state index in [2.05, 4.69) is 5.32 Å². The molecule has 1 rings (SSSR count). The number of carboxylic acids is 1. The summed E-state index contributed by atoms with van der Waals surface area (Å²) < 4.78 is 12.9. The van der Waals surface area contributed by atoms with Crippen LogP contribution in [0.2, 0.25) is 0 Å². The van der Waals surface area contributed by atoms with Crippen LogP contribution in [0.3, 0.4) is 0 Å². The molecule has 1 heterocycles. The van der Waals surface area contributed by atoms with Crippen molar-refractivity contribution in [3.63, 3.8) is 0 Å². The molecule has 2 atom stereocenters. The number of ether oxygens (including phenoxy) is 1. The van der Waals surface area contributed by atoms with Crippen molar-refractivity contribution in [3.8, 4) is 0 Å². The fraction of sp³-hybridized carbons (Fsp3) is 0.889. The molecule has 0 radical (unpaired) electrons. The third-order valence-electron chi connectivity index (χ3n) is 1.87. The Bertz CT molecular complexity index is 220. The second-order valence-electron chi connectivity index (χ2n) is 4.03. The molecule has 4 nitrogen and oxygen atoms in total. The standard InChI is InChI=1S/C9H17NO3/c1-9(2,3)13-6-4-7(8(11)12)10-5-6/h6-7,10H,4-5H2,1-3H3,(H,11,12)/t6-,7-/m0/s1/i1D. The highest BCUT2D eigenvalue weighted by atomic mass is 16.5. The van der Waals surface area contributed by atoms with Crippen LogP contribution < -0.4 is 5.32 Å². The molecule has 0 amide bonds. The van der Waals surface area contributed by atoms with Crippen LogP contribution in [0.4, 0.5) is 0 Å². The maximum absolute atomic E-state index is 10.6. The van der Waals surface area contributed by atoms with Crippen LogP contribution >= 0.6 is 0 Å². The first kappa shape index (κ1) is 8.97. The Kier molecular flexibility index (Phi) is 2.51. The molecule has 2 N–H and O–H groups in total. The van der Waals surface area contributed by atoms with Crippen molar-refractivity contribution in [3.05, 3.63) is 0 Å². The van der Waals surface area contributed by atoms with Crippen molar-refractivity contribution < 1.29 is 16.0 Å². The smallest absolute Gasteiger partial charge is 0.320 e. The zero-order valence-corrected chi connectivity index (χ0v) is 8.04.